The van der Waals surface area contributed by atoms with E-state index in [0.717, 1.165) is 12.8 Å². The third-order valence-electron chi connectivity index (χ3n) is 3.59. The zero-order chi connectivity index (χ0) is 15.9. The van der Waals surface area contributed by atoms with Crippen LogP contribution in [0, 0.1) is 11.3 Å². The van der Waals surface area contributed by atoms with Crippen molar-refractivity contribution in [2.75, 3.05) is 13.2 Å². The molecule has 1 atom stereocenters. The molecule has 1 saturated carbocycles. The van der Waals surface area contributed by atoms with E-state index in [1.807, 2.05) is 6.92 Å². The Morgan fingerprint density at radius 2 is 1.67 bits per heavy atom. The molecular formula is C16H24O5. The van der Waals surface area contributed by atoms with E-state index in [1.165, 1.54) is 6.08 Å². The van der Waals surface area contributed by atoms with Crippen molar-refractivity contribution in [3.63, 3.8) is 0 Å². The molecule has 21 heavy (non-hydrogen) atoms. The summed E-state index contributed by atoms with van der Waals surface area (Å²) < 4.78 is 9.96. The second-order valence-electron chi connectivity index (χ2n) is 5.15. The van der Waals surface area contributed by atoms with Crippen LogP contribution in [0.4, 0.5) is 0 Å². The largest absolute Gasteiger partial charge is 0.465 e. The Morgan fingerprint density at radius 1 is 1.10 bits per heavy atom. The number of ether oxygens (including phenoxy) is 2. The van der Waals surface area contributed by atoms with Crippen molar-refractivity contribution in [3.8, 4) is 0 Å². The zero-order valence-corrected chi connectivity index (χ0v) is 13.0. The summed E-state index contributed by atoms with van der Waals surface area (Å²) in [5.74, 6) is -1.40. The molecule has 1 rings (SSSR count). The topological polar surface area (TPSA) is 69.7 Å². The Kier molecular flexibility index (Phi) is 6.59. The molecule has 0 heterocycles. The molecule has 1 aliphatic carbocycles. The maximum atomic E-state index is 12.0. The summed E-state index contributed by atoms with van der Waals surface area (Å²) in [6.45, 7) is 5.83. The number of allylic oxidation sites excluding steroid dienone is 2. The van der Waals surface area contributed by atoms with Gasteiger partial charge in [-0.3, -0.25) is 14.4 Å². The lowest BCUT2D eigenvalue weighted by Gasteiger charge is -2.13. The molecule has 0 aromatic heterocycles. The van der Waals surface area contributed by atoms with Gasteiger partial charge in [-0.25, -0.2) is 0 Å². The van der Waals surface area contributed by atoms with Crippen molar-refractivity contribution < 1.29 is 23.9 Å². The van der Waals surface area contributed by atoms with Gasteiger partial charge in [-0.15, -0.1) is 0 Å². The molecule has 1 fully saturated rings. The molecule has 118 valence electrons. The number of ketones is 1. The quantitative estimate of drug-likeness (QED) is 0.371. The van der Waals surface area contributed by atoms with Gasteiger partial charge in [0.1, 0.15) is 0 Å². The molecule has 1 unspecified atom stereocenters. The molecule has 0 radical (unpaired) electrons. The van der Waals surface area contributed by atoms with Crippen LogP contribution in [0.3, 0.4) is 0 Å². The van der Waals surface area contributed by atoms with Crippen molar-refractivity contribution in [1.29, 1.82) is 0 Å². The Hall–Kier alpha value is -1.65. The normalized spacial score (nSPS) is 19.3. The Morgan fingerprint density at radius 3 is 2.14 bits per heavy atom. The minimum absolute atomic E-state index is 0.0189. The number of carbonyl (C=O) groups excluding carboxylic acids is 3. The van der Waals surface area contributed by atoms with E-state index < -0.39 is 17.4 Å². The summed E-state index contributed by atoms with van der Waals surface area (Å²) >= 11 is 0. The smallest absolute Gasteiger partial charge is 0.324 e. The standard InChI is InChI=1S/C16H24O5/c1-4-7-8-13(17)10-9-12-11-16(12,14(18)20-5-2)15(19)21-6-3/h9-10,12H,4-8,11H2,1-3H3/b10-9+. The molecule has 0 aliphatic heterocycles. The van der Waals surface area contributed by atoms with Crippen LogP contribution in [0.5, 0.6) is 0 Å². The highest BCUT2D eigenvalue weighted by Crippen LogP contribution is 2.55. The number of unbranched alkanes of at least 4 members (excludes halogenated alkanes) is 1. The second kappa shape index (κ2) is 7.96. The fraction of sp³-hybridized carbons (Fsp3) is 0.688. The van der Waals surface area contributed by atoms with Gasteiger partial charge < -0.3 is 9.47 Å². The lowest BCUT2D eigenvalue weighted by Crippen LogP contribution is -2.31. The van der Waals surface area contributed by atoms with Crippen molar-refractivity contribution in [1.82, 2.24) is 0 Å². The van der Waals surface area contributed by atoms with Gasteiger partial charge in [-0.2, -0.15) is 0 Å². The second-order valence-corrected chi connectivity index (χ2v) is 5.15. The van der Waals surface area contributed by atoms with Crippen molar-refractivity contribution in [2.45, 2.75) is 46.5 Å². The molecule has 1 aliphatic rings. The Balaban J connectivity index is 2.71. The summed E-state index contributed by atoms with van der Waals surface area (Å²) in [5, 5.41) is 0. The van der Waals surface area contributed by atoms with E-state index in [9.17, 15) is 14.4 Å². The molecule has 0 aromatic rings. The van der Waals surface area contributed by atoms with Crippen LogP contribution in [-0.4, -0.2) is 30.9 Å². The number of rotatable bonds is 9. The maximum absolute atomic E-state index is 12.0. The van der Waals surface area contributed by atoms with E-state index in [0.29, 0.717) is 12.8 Å². The van der Waals surface area contributed by atoms with Crippen molar-refractivity contribution in [2.24, 2.45) is 11.3 Å². The van der Waals surface area contributed by atoms with E-state index in [-0.39, 0.29) is 24.9 Å². The number of hydrogen-bond donors (Lipinski definition) is 0. The van der Waals surface area contributed by atoms with Gasteiger partial charge in [-0.1, -0.05) is 19.4 Å². The fourth-order valence-electron chi connectivity index (χ4n) is 2.25. The van der Waals surface area contributed by atoms with Crippen molar-refractivity contribution >= 4 is 17.7 Å². The first kappa shape index (κ1) is 17.4. The highest BCUT2D eigenvalue weighted by molar-refractivity contribution is 6.04. The lowest BCUT2D eigenvalue weighted by molar-refractivity contribution is -0.164. The van der Waals surface area contributed by atoms with Crippen LogP contribution in [0.1, 0.15) is 46.5 Å². The fourth-order valence-corrected chi connectivity index (χ4v) is 2.25. The predicted molar refractivity (Wildman–Crippen MR) is 77.5 cm³/mol. The number of carbonyl (C=O) groups is 3. The summed E-state index contributed by atoms with van der Waals surface area (Å²) in [5.41, 5.74) is -1.24. The molecule has 0 N–H and O–H groups in total. The van der Waals surface area contributed by atoms with Gasteiger partial charge >= 0.3 is 11.9 Å². The lowest BCUT2D eigenvalue weighted by atomic mass is 10.0. The van der Waals surface area contributed by atoms with Gasteiger partial charge in [0, 0.05) is 12.3 Å². The van der Waals surface area contributed by atoms with Gasteiger partial charge in [0.25, 0.3) is 0 Å². The highest BCUT2D eigenvalue weighted by atomic mass is 16.6. The van der Waals surface area contributed by atoms with Gasteiger partial charge in [-0.05, 0) is 32.8 Å². The summed E-state index contributed by atoms with van der Waals surface area (Å²) in [6.07, 6.45) is 5.76. The van der Waals surface area contributed by atoms with Gasteiger partial charge in [0.05, 0.1) is 13.2 Å². The van der Waals surface area contributed by atoms with Crippen LogP contribution in [0.2, 0.25) is 0 Å². The average Bonchev–Trinajstić information content (AvgIpc) is 3.19. The highest BCUT2D eigenvalue weighted by Gasteiger charge is 2.67. The maximum Gasteiger partial charge on any atom is 0.324 e. The van der Waals surface area contributed by atoms with Crippen LogP contribution in [-0.2, 0) is 23.9 Å². The van der Waals surface area contributed by atoms with E-state index in [1.54, 1.807) is 19.9 Å². The molecule has 5 nitrogen and oxygen atoms in total. The van der Waals surface area contributed by atoms with Gasteiger partial charge in [0.2, 0.25) is 0 Å². The van der Waals surface area contributed by atoms with E-state index in [4.69, 9.17) is 9.47 Å². The SMILES string of the molecule is CCCCC(=O)/C=C/C1CC1(C(=O)OCC)C(=O)OCC. The summed E-state index contributed by atoms with van der Waals surface area (Å²) in [4.78, 5) is 35.7. The first-order chi connectivity index (χ1) is 10.0. The van der Waals surface area contributed by atoms with Crippen LogP contribution in [0.25, 0.3) is 0 Å². The molecular weight excluding hydrogens is 272 g/mol. The molecule has 0 aromatic carbocycles. The summed E-state index contributed by atoms with van der Waals surface area (Å²) in [7, 11) is 0. The minimum Gasteiger partial charge on any atom is -0.465 e. The first-order valence-corrected chi connectivity index (χ1v) is 7.58. The summed E-state index contributed by atoms with van der Waals surface area (Å²) in [6, 6.07) is 0. The van der Waals surface area contributed by atoms with Crippen molar-refractivity contribution in [3.05, 3.63) is 12.2 Å². The zero-order valence-electron chi connectivity index (χ0n) is 13.0. The minimum atomic E-state index is -1.24. The molecule has 0 saturated heterocycles. The Bertz CT molecular complexity index is 406. The molecule has 0 bridgehead atoms. The van der Waals surface area contributed by atoms with Gasteiger partial charge in [0.15, 0.2) is 11.2 Å². The monoisotopic (exact) mass is 296 g/mol. The van der Waals surface area contributed by atoms with E-state index >= 15 is 0 Å². The average molecular weight is 296 g/mol. The predicted octanol–water partition coefficient (Wildman–Crippen LogP) is 2.43. The van der Waals surface area contributed by atoms with Crippen LogP contribution >= 0.6 is 0 Å². The molecule has 5 heteroatoms. The number of esters is 2. The van der Waals surface area contributed by atoms with Crippen LogP contribution < -0.4 is 0 Å². The van der Waals surface area contributed by atoms with Crippen LogP contribution in [0.15, 0.2) is 12.2 Å². The third kappa shape index (κ3) is 4.16. The third-order valence-corrected chi connectivity index (χ3v) is 3.59. The first-order valence-electron chi connectivity index (χ1n) is 7.58. The molecule has 0 spiro atoms. The Labute approximate surface area is 125 Å². The van der Waals surface area contributed by atoms with E-state index in [2.05, 4.69) is 0 Å². The number of hydrogen-bond acceptors (Lipinski definition) is 5. The molecule has 0 amide bonds.